The average molecular weight is 547 g/mol. The van der Waals surface area contributed by atoms with E-state index in [4.69, 9.17) is 18.9 Å². The van der Waals surface area contributed by atoms with Crippen molar-refractivity contribution in [2.45, 2.75) is 0 Å². The molecule has 4 nitrogen and oxygen atoms in total. The molecule has 0 aliphatic carbocycles. The third kappa shape index (κ3) is 2.72. The quantitative estimate of drug-likeness (QED) is 0.206. The highest BCUT2D eigenvalue weighted by Gasteiger charge is 2.26. The molecule has 0 unspecified atom stereocenters. The standard InChI is InChI=1S/C38H26O4/c1-39-29-15-23-25(17-31(29)41-3)35-27-14-20-10-6-8-12-22(20)34-24-16-30(40-2)32(42-4)18-26(24)36(38(27)34)28-13-19-9-5-7-11-21(19)33(23)37(28)35/h5-18H,1-4H3. The molecule has 0 amide bonds. The van der Waals surface area contributed by atoms with E-state index < -0.39 is 0 Å². The minimum Gasteiger partial charge on any atom is -0.493 e. The molecule has 42 heavy (non-hydrogen) atoms. The highest BCUT2D eigenvalue weighted by molar-refractivity contribution is 6.52. The molecule has 9 aromatic carbocycles. The van der Waals surface area contributed by atoms with Gasteiger partial charge in [0.2, 0.25) is 0 Å². The molecule has 0 fully saturated rings. The number of hydrogen-bond acceptors (Lipinski definition) is 4. The van der Waals surface area contributed by atoms with Crippen LogP contribution < -0.4 is 18.9 Å². The van der Waals surface area contributed by atoms with Crippen LogP contribution in [0, 0.1) is 0 Å². The van der Waals surface area contributed by atoms with Crippen LogP contribution in [0.5, 0.6) is 23.0 Å². The molecule has 4 heteroatoms. The van der Waals surface area contributed by atoms with E-state index in [0.29, 0.717) is 0 Å². The number of hydrogen-bond donors (Lipinski definition) is 0. The van der Waals surface area contributed by atoms with Crippen molar-refractivity contribution >= 4 is 86.2 Å². The van der Waals surface area contributed by atoms with E-state index in [1.165, 1.54) is 86.2 Å². The zero-order valence-electron chi connectivity index (χ0n) is 23.7. The maximum atomic E-state index is 5.83. The Balaban J connectivity index is 1.70. The minimum atomic E-state index is 0.729. The molecule has 0 saturated heterocycles. The summed E-state index contributed by atoms with van der Waals surface area (Å²) in [7, 11) is 6.81. The molecule has 0 aliphatic heterocycles. The lowest BCUT2D eigenvalue weighted by atomic mass is 9.91. The SMILES string of the molecule is COc1cc2c(cc1OC)c1c3cc4ccccc4c4c5cc(OC)c(OC)cc5c(c5cc6ccccc6c2c51)c34. The van der Waals surface area contributed by atoms with Gasteiger partial charge in [-0.3, -0.25) is 0 Å². The van der Waals surface area contributed by atoms with Crippen LogP contribution in [0.25, 0.3) is 86.2 Å². The van der Waals surface area contributed by atoms with Crippen molar-refractivity contribution in [1.29, 1.82) is 0 Å². The van der Waals surface area contributed by atoms with Crippen molar-refractivity contribution in [3.05, 3.63) is 84.9 Å². The fraction of sp³-hybridized carbons (Fsp3) is 0.105. The predicted octanol–water partition coefficient (Wildman–Crippen LogP) is 9.82. The van der Waals surface area contributed by atoms with E-state index in [-0.39, 0.29) is 0 Å². The second-order valence-corrected chi connectivity index (χ2v) is 11.0. The van der Waals surface area contributed by atoms with Gasteiger partial charge in [-0.15, -0.1) is 0 Å². The van der Waals surface area contributed by atoms with E-state index in [1.54, 1.807) is 28.4 Å². The second kappa shape index (κ2) is 8.17. The molecular weight excluding hydrogens is 520 g/mol. The Morgan fingerprint density at radius 3 is 0.952 bits per heavy atom. The molecule has 0 bridgehead atoms. The summed E-state index contributed by atoms with van der Waals surface area (Å²) in [4.78, 5) is 0. The van der Waals surface area contributed by atoms with Gasteiger partial charge in [0.1, 0.15) is 0 Å². The number of fused-ring (bicyclic) bond motifs is 12. The van der Waals surface area contributed by atoms with Gasteiger partial charge in [0.05, 0.1) is 28.4 Å². The van der Waals surface area contributed by atoms with Crippen LogP contribution in [-0.4, -0.2) is 28.4 Å². The van der Waals surface area contributed by atoms with Crippen LogP contribution in [0.3, 0.4) is 0 Å². The normalized spacial score (nSPS) is 12.3. The summed E-state index contributed by atoms with van der Waals surface area (Å²) in [6.07, 6.45) is 0. The van der Waals surface area contributed by atoms with Gasteiger partial charge in [0.25, 0.3) is 0 Å². The van der Waals surface area contributed by atoms with Gasteiger partial charge in [-0.2, -0.15) is 0 Å². The first kappa shape index (κ1) is 23.5. The summed E-state index contributed by atoms with van der Waals surface area (Å²) >= 11 is 0. The molecule has 0 N–H and O–H groups in total. The summed E-state index contributed by atoms with van der Waals surface area (Å²) in [5.74, 6) is 2.92. The summed E-state index contributed by atoms with van der Waals surface area (Å²) in [5, 5.41) is 19.6. The Morgan fingerprint density at radius 1 is 0.310 bits per heavy atom. The molecule has 0 saturated carbocycles. The van der Waals surface area contributed by atoms with Crippen LogP contribution in [-0.2, 0) is 0 Å². The van der Waals surface area contributed by atoms with Crippen molar-refractivity contribution in [3.8, 4) is 23.0 Å². The fourth-order valence-electron chi connectivity index (χ4n) is 7.58. The van der Waals surface area contributed by atoms with Crippen LogP contribution >= 0.6 is 0 Å². The van der Waals surface area contributed by atoms with Gasteiger partial charge in [0, 0.05) is 0 Å². The first-order valence-corrected chi connectivity index (χ1v) is 14.1. The molecule has 0 heterocycles. The lowest BCUT2D eigenvalue weighted by molar-refractivity contribution is 0.356. The number of rotatable bonds is 4. The van der Waals surface area contributed by atoms with Gasteiger partial charge in [-0.25, -0.2) is 0 Å². The Labute approximate surface area is 241 Å². The molecule has 0 atom stereocenters. The van der Waals surface area contributed by atoms with Crippen molar-refractivity contribution < 1.29 is 18.9 Å². The topological polar surface area (TPSA) is 36.9 Å². The smallest absolute Gasteiger partial charge is 0.161 e. The maximum Gasteiger partial charge on any atom is 0.161 e. The minimum absolute atomic E-state index is 0.729. The first-order valence-electron chi connectivity index (χ1n) is 14.1. The van der Waals surface area contributed by atoms with E-state index in [0.717, 1.165) is 23.0 Å². The first-order chi connectivity index (χ1) is 20.7. The lowest BCUT2D eigenvalue weighted by Crippen LogP contribution is -1.89. The summed E-state index contributed by atoms with van der Waals surface area (Å²) < 4.78 is 23.3. The summed E-state index contributed by atoms with van der Waals surface area (Å²) in [6, 6.07) is 30.7. The zero-order valence-corrected chi connectivity index (χ0v) is 23.7. The van der Waals surface area contributed by atoms with Crippen LogP contribution in [0.15, 0.2) is 84.9 Å². The van der Waals surface area contributed by atoms with Crippen LogP contribution in [0.1, 0.15) is 0 Å². The zero-order chi connectivity index (χ0) is 28.3. The highest BCUT2D eigenvalue weighted by Crippen LogP contribution is 2.55. The van der Waals surface area contributed by atoms with Gasteiger partial charge in [0.15, 0.2) is 23.0 Å². The molecular formula is C38H26O4. The van der Waals surface area contributed by atoms with Crippen LogP contribution in [0.2, 0.25) is 0 Å². The average Bonchev–Trinajstić information content (AvgIpc) is 3.56. The van der Waals surface area contributed by atoms with Crippen molar-refractivity contribution in [1.82, 2.24) is 0 Å². The predicted molar refractivity (Wildman–Crippen MR) is 175 cm³/mol. The van der Waals surface area contributed by atoms with Crippen LogP contribution in [0.4, 0.5) is 0 Å². The van der Waals surface area contributed by atoms with Gasteiger partial charge < -0.3 is 18.9 Å². The number of methoxy groups -OCH3 is 4. The second-order valence-electron chi connectivity index (χ2n) is 11.0. The molecule has 9 rings (SSSR count). The fourth-order valence-corrected chi connectivity index (χ4v) is 7.58. The van der Waals surface area contributed by atoms with E-state index in [1.807, 2.05) is 0 Å². The lowest BCUT2D eigenvalue weighted by Gasteiger charge is -2.12. The third-order valence-electron chi connectivity index (χ3n) is 9.26. The van der Waals surface area contributed by atoms with Gasteiger partial charge in [-0.05, 0) is 123 Å². The molecule has 9 aromatic rings. The molecule has 0 spiro atoms. The summed E-state index contributed by atoms with van der Waals surface area (Å²) in [6.45, 7) is 0. The van der Waals surface area contributed by atoms with Crippen molar-refractivity contribution in [2.24, 2.45) is 0 Å². The Bertz CT molecular complexity index is 2380. The van der Waals surface area contributed by atoms with Crippen molar-refractivity contribution in [2.75, 3.05) is 28.4 Å². The highest BCUT2D eigenvalue weighted by atomic mass is 16.5. The molecule has 0 aromatic heterocycles. The monoisotopic (exact) mass is 546 g/mol. The Kier molecular flexibility index (Phi) is 4.57. The Morgan fingerprint density at radius 2 is 0.619 bits per heavy atom. The van der Waals surface area contributed by atoms with E-state index in [9.17, 15) is 0 Å². The molecule has 0 aliphatic rings. The van der Waals surface area contributed by atoms with Crippen molar-refractivity contribution in [3.63, 3.8) is 0 Å². The number of benzene rings is 7. The van der Waals surface area contributed by atoms with E-state index in [2.05, 4.69) is 84.9 Å². The van der Waals surface area contributed by atoms with Gasteiger partial charge in [-0.1, -0.05) is 48.5 Å². The molecule has 202 valence electrons. The largest absolute Gasteiger partial charge is 0.493 e. The molecule has 0 radical (unpaired) electrons. The summed E-state index contributed by atoms with van der Waals surface area (Å²) in [5.41, 5.74) is 0. The maximum absolute atomic E-state index is 5.83. The third-order valence-corrected chi connectivity index (χ3v) is 9.26. The van der Waals surface area contributed by atoms with Gasteiger partial charge >= 0.3 is 0 Å². The Hall–Kier alpha value is -5.22. The van der Waals surface area contributed by atoms with E-state index >= 15 is 0 Å². The number of ether oxygens (including phenoxy) is 4.